The van der Waals surface area contributed by atoms with Gasteiger partial charge in [-0.05, 0) is 6.42 Å². The second kappa shape index (κ2) is 9.03. The van der Waals surface area contributed by atoms with Crippen molar-refractivity contribution in [3.05, 3.63) is 0 Å². The fraction of sp³-hybridized carbons (Fsp3) is 0.778. The average molecular weight is 187 g/mol. The molecule has 0 bridgehead atoms. The molecule has 0 rings (SSSR count). The molecule has 76 valence electrons. The molecule has 0 aromatic heterocycles. The molecule has 0 aliphatic heterocycles. The van der Waals surface area contributed by atoms with Gasteiger partial charge in [-0.3, -0.25) is 0 Å². The highest BCUT2D eigenvalue weighted by atomic mass is 16.5. The fourth-order valence-corrected chi connectivity index (χ4v) is 0.870. The quantitative estimate of drug-likeness (QED) is 0.485. The fourth-order valence-electron chi connectivity index (χ4n) is 0.870. The zero-order valence-corrected chi connectivity index (χ0v) is 8.04. The van der Waals surface area contributed by atoms with Crippen molar-refractivity contribution in [3.8, 4) is 0 Å². The minimum absolute atomic E-state index is 0.0216. The van der Waals surface area contributed by atoms with E-state index in [1.165, 1.54) is 6.42 Å². The van der Waals surface area contributed by atoms with Crippen LogP contribution in [-0.2, 0) is 9.53 Å². The SMILES string of the molecule is CCCCCCOC(=O)NCC=O. The summed E-state index contributed by atoms with van der Waals surface area (Å²) in [5.74, 6) is 0. The predicted octanol–water partition coefficient (Wildman–Crippen LogP) is 1.49. The number of aldehydes is 1. The smallest absolute Gasteiger partial charge is 0.407 e. The minimum atomic E-state index is -0.511. The maximum absolute atomic E-state index is 10.7. The van der Waals surface area contributed by atoms with E-state index in [4.69, 9.17) is 4.74 Å². The first kappa shape index (κ1) is 11.9. The lowest BCUT2D eigenvalue weighted by molar-refractivity contribution is -0.107. The van der Waals surface area contributed by atoms with E-state index in [-0.39, 0.29) is 6.54 Å². The van der Waals surface area contributed by atoms with E-state index in [2.05, 4.69) is 12.2 Å². The Hall–Kier alpha value is -1.06. The lowest BCUT2D eigenvalue weighted by Gasteiger charge is -2.03. The van der Waals surface area contributed by atoms with Gasteiger partial charge in [0.1, 0.15) is 6.29 Å². The van der Waals surface area contributed by atoms with Crippen LogP contribution in [0.1, 0.15) is 32.6 Å². The third-order valence-corrected chi connectivity index (χ3v) is 1.56. The molecule has 0 aliphatic rings. The zero-order valence-electron chi connectivity index (χ0n) is 8.04. The van der Waals surface area contributed by atoms with Gasteiger partial charge in [0.15, 0.2) is 0 Å². The molecule has 0 aromatic rings. The lowest BCUT2D eigenvalue weighted by atomic mass is 10.2. The summed E-state index contributed by atoms with van der Waals surface area (Å²) in [6.45, 7) is 2.58. The van der Waals surface area contributed by atoms with Crippen molar-refractivity contribution in [3.63, 3.8) is 0 Å². The molecule has 0 aromatic carbocycles. The van der Waals surface area contributed by atoms with Gasteiger partial charge in [-0.25, -0.2) is 4.79 Å². The summed E-state index contributed by atoms with van der Waals surface area (Å²) in [4.78, 5) is 20.6. The van der Waals surface area contributed by atoms with E-state index in [0.717, 1.165) is 19.3 Å². The Morgan fingerprint density at radius 3 is 2.77 bits per heavy atom. The van der Waals surface area contributed by atoms with Crippen LogP contribution in [-0.4, -0.2) is 25.5 Å². The van der Waals surface area contributed by atoms with Crippen molar-refractivity contribution >= 4 is 12.4 Å². The van der Waals surface area contributed by atoms with Gasteiger partial charge >= 0.3 is 6.09 Å². The normalized spacial score (nSPS) is 9.31. The van der Waals surface area contributed by atoms with Crippen LogP contribution in [0.3, 0.4) is 0 Å². The van der Waals surface area contributed by atoms with E-state index in [1.807, 2.05) is 0 Å². The summed E-state index contributed by atoms with van der Waals surface area (Å²) in [5.41, 5.74) is 0. The number of hydrogen-bond donors (Lipinski definition) is 1. The molecule has 13 heavy (non-hydrogen) atoms. The standard InChI is InChI=1S/C9H17NO3/c1-2-3-4-5-8-13-9(12)10-6-7-11/h7H,2-6,8H2,1H3,(H,10,12). The van der Waals surface area contributed by atoms with Gasteiger partial charge in [0.2, 0.25) is 0 Å². The second-order valence-corrected chi connectivity index (χ2v) is 2.74. The third-order valence-electron chi connectivity index (χ3n) is 1.56. The van der Waals surface area contributed by atoms with Crippen LogP contribution in [0.4, 0.5) is 4.79 Å². The number of ether oxygens (including phenoxy) is 1. The summed E-state index contributed by atoms with van der Waals surface area (Å²) in [6, 6.07) is 0. The molecule has 0 radical (unpaired) electrons. The van der Waals surface area contributed by atoms with Crippen molar-refractivity contribution in [2.75, 3.05) is 13.2 Å². The Morgan fingerprint density at radius 2 is 2.15 bits per heavy atom. The van der Waals surface area contributed by atoms with Crippen molar-refractivity contribution < 1.29 is 14.3 Å². The highest BCUT2D eigenvalue weighted by Crippen LogP contribution is 1.98. The van der Waals surface area contributed by atoms with Crippen LogP contribution in [0.5, 0.6) is 0 Å². The van der Waals surface area contributed by atoms with Gasteiger partial charge in [0.05, 0.1) is 13.2 Å². The molecule has 0 unspecified atom stereocenters. The van der Waals surface area contributed by atoms with Crippen molar-refractivity contribution in [1.29, 1.82) is 0 Å². The van der Waals surface area contributed by atoms with Crippen LogP contribution >= 0.6 is 0 Å². The average Bonchev–Trinajstić information content (AvgIpc) is 2.14. The molecule has 0 spiro atoms. The Bertz CT molecular complexity index is 148. The third kappa shape index (κ3) is 8.85. The van der Waals surface area contributed by atoms with E-state index in [0.29, 0.717) is 12.9 Å². The van der Waals surface area contributed by atoms with E-state index in [1.54, 1.807) is 0 Å². The molecular formula is C9H17NO3. The van der Waals surface area contributed by atoms with Gasteiger partial charge in [-0.1, -0.05) is 26.2 Å². The zero-order chi connectivity index (χ0) is 9.94. The molecule has 4 heteroatoms. The summed E-state index contributed by atoms with van der Waals surface area (Å²) in [7, 11) is 0. The number of carbonyl (C=O) groups excluding carboxylic acids is 2. The highest BCUT2D eigenvalue weighted by molar-refractivity contribution is 5.70. The van der Waals surface area contributed by atoms with Crippen LogP contribution in [0.2, 0.25) is 0 Å². The molecule has 0 saturated heterocycles. The minimum Gasteiger partial charge on any atom is -0.450 e. The number of nitrogens with one attached hydrogen (secondary N) is 1. The number of unbranched alkanes of at least 4 members (excludes halogenated alkanes) is 3. The van der Waals surface area contributed by atoms with E-state index in [9.17, 15) is 9.59 Å². The predicted molar refractivity (Wildman–Crippen MR) is 49.6 cm³/mol. The van der Waals surface area contributed by atoms with Crippen molar-refractivity contribution in [2.24, 2.45) is 0 Å². The summed E-state index contributed by atoms with van der Waals surface area (Å²) < 4.78 is 4.78. The summed E-state index contributed by atoms with van der Waals surface area (Å²) >= 11 is 0. The number of carbonyl (C=O) groups is 2. The van der Waals surface area contributed by atoms with Gasteiger partial charge in [0, 0.05) is 0 Å². The molecule has 0 aliphatic carbocycles. The molecule has 0 saturated carbocycles. The summed E-state index contributed by atoms with van der Waals surface area (Å²) in [6.07, 6.45) is 4.41. The maximum atomic E-state index is 10.7. The molecule has 0 heterocycles. The van der Waals surface area contributed by atoms with Gasteiger partial charge < -0.3 is 14.8 Å². The molecule has 0 fully saturated rings. The molecule has 1 amide bonds. The molecular weight excluding hydrogens is 170 g/mol. The molecule has 4 nitrogen and oxygen atoms in total. The van der Waals surface area contributed by atoms with Crippen molar-refractivity contribution in [2.45, 2.75) is 32.6 Å². The van der Waals surface area contributed by atoms with Gasteiger partial charge in [0.25, 0.3) is 0 Å². The van der Waals surface area contributed by atoms with E-state index < -0.39 is 6.09 Å². The van der Waals surface area contributed by atoms with E-state index >= 15 is 0 Å². The number of amides is 1. The summed E-state index contributed by atoms with van der Waals surface area (Å²) in [5, 5.41) is 2.29. The first-order valence-corrected chi connectivity index (χ1v) is 4.65. The largest absolute Gasteiger partial charge is 0.450 e. The number of alkyl carbamates (subject to hydrolysis) is 1. The first-order chi connectivity index (χ1) is 6.31. The topological polar surface area (TPSA) is 55.4 Å². The number of rotatable bonds is 7. The van der Waals surface area contributed by atoms with Crippen LogP contribution in [0.15, 0.2) is 0 Å². The Balaban J connectivity index is 3.12. The van der Waals surface area contributed by atoms with Crippen LogP contribution < -0.4 is 5.32 Å². The second-order valence-electron chi connectivity index (χ2n) is 2.74. The Labute approximate surface area is 78.6 Å². The number of hydrogen-bond acceptors (Lipinski definition) is 3. The first-order valence-electron chi connectivity index (χ1n) is 4.65. The van der Waals surface area contributed by atoms with Crippen LogP contribution in [0.25, 0.3) is 0 Å². The highest BCUT2D eigenvalue weighted by Gasteiger charge is 1.98. The monoisotopic (exact) mass is 187 g/mol. The van der Waals surface area contributed by atoms with Crippen molar-refractivity contribution in [1.82, 2.24) is 5.32 Å². The maximum Gasteiger partial charge on any atom is 0.407 e. The van der Waals surface area contributed by atoms with Crippen LogP contribution in [0, 0.1) is 0 Å². The van der Waals surface area contributed by atoms with Gasteiger partial charge in [-0.2, -0.15) is 0 Å². The molecule has 1 N–H and O–H groups in total. The Morgan fingerprint density at radius 1 is 1.38 bits per heavy atom. The lowest BCUT2D eigenvalue weighted by Crippen LogP contribution is -2.26. The molecule has 0 atom stereocenters. The Kier molecular flexibility index (Phi) is 8.30. The van der Waals surface area contributed by atoms with Gasteiger partial charge in [-0.15, -0.1) is 0 Å².